The van der Waals surface area contributed by atoms with Crippen LogP contribution in [0, 0.1) is 0 Å². The van der Waals surface area contributed by atoms with Crippen LogP contribution in [-0.4, -0.2) is 22.0 Å². The van der Waals surface area contributed by atoms with E-state index in [1.165, 1.54) is 29.5 Å². The lowest BCUT2D eigenvalue weighted by Crippen LogP contribution is -2.19. The summed E-state index contributed by atoms with van der Waals surface area (Å²) in [6.07, 6.45) is 0. The molecule has 2 heterocycles. The molecule has 92 valence electrons. The monoisotopic (exact) mass is 264 g/mol. The van der Waals surface area contributed by atoms with E-state index in [2.05, 4.69) is 15.5 Å². The highest BCUT2D eigenvalue weighted by Crippen LogP contribution is 2.22. The highest BCUT2D eigenvalue weighted by molar-refractivity contribution is 7.14. The van der Waals surface area contributed by atoms with Gasteiger partial charge < -0.3 is 11.1 Å². The summed E-state index contributed by atoms with van der Waals surface area (Å²) in [6, 6.07) is 3.99. The fraction of sp³-hybridized carbons (Fsp3) is 0. The maximum atomic E-state index is 11.8. The topological polar surface area (TPSA) is 118 Å². The van der Waals surface area contributed by atoms with Crippen molar-refractivity contribution < 1.29 is 9.59 Å². The normalized spacial score (nSPS) is 10.0. The maximum Gasteiger partial charge on any atom is 0.276 e. The Labute approximate surface area is 105 Å². The van der Waals surface area contributed by atoms with Crippen molar-refractivity contribution in [3.8, 4) is 0 Å². The predicted octanol–water partition coefficient (Wildman–Crippen LogP) is 0.183. The second-order valence-corrected chi connectivity index (χ2v) is 4.20. The summed E-state index contributed by atoms with van der Waals surface area (Å²) in [5, 5.41) is 10.2. The van der Waals surface area contributed by atoms with Gasteiger partial charge in [0.15, 0.2) is 0 Å². The molecule has 2 rings (SSSR count). The van der Waals surface area contributed by atoms with E-state index < -0.39 is 17.4 Å². The van der Waals surface area contributed by atoms with Gasteiger partial charge in [0, 0.05) is 6.07 Å². The molecule has 0 aliphatic carbocycles. The van der Waals surface area contributed by atoms with Gasteiger partial charge in [-0.25, -0.2) is 5.10 Å². The van der Waals surface area contributed by atoms with Crippen molar-refractivity contribution in [1.82, 2.24) is 10.2 Å². The highest BCUT2D eigenvalue weighted by Gasteiger charge is 2.14. The number of nitrogens with one attached hydrogen (secondary N) is 2. The number of aromatic nitrogens is 2. The quantitative estimate of drug-likeness (QED) is 0.732. The molecule has 0 saturated heterocycles. The molecule has 0 saturated carbocycles. The Balaban J connectivity index is 2.21. The van der Waals surface area contributed by atoms with Crippen molar-refractivity contribution in [2.45, 2.75) is 0 Å². The smallest absolute Gasteiger partial charge is 0.276 e. The number of carbonyl (C=O) groups is 2. The van der Waals surface area contributed by atoms with Crippen molar-refractivity contribution in [2.75, 3.05) is 5.32 Å². The summed E-state index contributed by atoms with van der Waals surface area (Å²) in [5.41, 5.74) is 5.02. The molecule has 0 bridgehead atoms. The van der Waals surface area contributed by atoms with Gasteiger partial charge in [0.05, 0.1) is 5.56 Å². The average Bonchev–Trinajstić information content (AvgIpc) is 2.78. The van der Waals surface area contributed by atoms with E-state index in [4.69, 9.17) is 5.73 Å². The predicted molar refractivity (Wildman–Crippen MR) is 65.6 cm³/mol. The molecule has 8 heteroatoms. The second-order valence-electron chi connectivity index (χ2n) is 3.29. The van der Waals surface area contributed by atoms with E-state index in [1.54, 1.807) is 5.38 Å². The van der Waals surface area contributed by atoms with E-state index in [0.717, 1.165) is 0 Å². The zero-order valence-corrected chi connectivity index (χ0v) is 9.78. The van der Waals surface area contributed by atoms with Crippen molar-refractivity contribution in [1.29, 1.82) is 0 Å². The number of rotatable bonds is 3. The molecule has 0 aliphatic rings. The van der Waals surface area contributed by atoms with Gasteiger partial charge in [-0.15, -0.1) is 11.3 Å². The number of anilines is 1. The summed E-state index contributed by atoms with van der Waals surface area (Å²) < 4.78 is 0. The molecule has 2 aromatic heterocycles. The molecule has 0 aromatic carbocycles. The zero-order valence-electron chi connectivity index (χ0n) is 8.97. The number of amides is 2. The van der Waals surface area contributed by atoms with Crippen LogP contribution in [0.4, 0.5) is 5.00 Å². The van der Waals surface area contributed by atoms with Crippen molar-refractivity contribution in [3.05, 3.63) is 45.2 Å². The summed E-state index contributed by atoms with van der Waals surface area (Å²) in [6.45, 7) is 0. The van der Waals surface area contributed by atoms with Gasteiger partial charge in [-0.05, 0) is 17.5 Å². The first-order valence-electron chi connectivity index (χ1n) is 4.82. The second kappa shape index (κ2) is 4.80. The first-order chi connectivity index (χ1) is 8.58. The van der Waals surface area contributed by atoms with E-state index in [-0.39, 0.29) is 11.3 Å². The Hall–Kier alpha value is -2.48. The van der Waals surface area contributed by atoms with E-state index >= 15 is 0 Å². The third kappa shape index (κ3) is 2.43. The average molecular weight is 264 g/mol. The van der Waals surface area contributed by atoms with Gasteiger partial charge >= 0.3 is 0 Å². The Kier molecular flexibility index (Phi) is 3.20. The third-order valence-corrected chi connectivity index (χ3v) is 2.90. The number of nitrogens with zero attached hydrogens (tertiary/aromatic N) is 1. The SMILES string of the molecule is NC(=O)c1ccsc1NC(=O)c1ccc(=O)[nH]n1. The molecule has 4 N–H and O–H groups in total. The minimum atomic E-state index is -0.624. The number of nitrogens with two attached hydrogens (primary N) is 1. The Bertz CT molecular complexity index is 641. The summed E-state index contributed by atoms with van der Waals surface area (Å²) in [4.78, 5) is 33.6. The van der Waals surface area contributed by atoms with Gasteiger partial charge in [0.1, 0.15) is 10.7 Å². The van der Waals surface area contributed by atoms with E-state index in [0.29, 0.717) is 5.00 Å². The van der Waals surface area contributed by atoms with Crippen LogP contribution >= 0.6 is 11.3 Å². The van der Waals surface area contributed by atoms with Crippen LogP contribution in [0.25, 0.3) is 0 Å². The number of carbonyl (C=O) groups excluding carboxylic acids is 2. The molecule has 7 nitrogen and oxygen atoms in total. The number of thiophene rings is 1. The van der Waals surface area contributed by atoms with Crippen molar-refractivity contribution in [3.63, 3.8) is 0 Å². The first-order valence-corrected chi connectivity index (χ1v) is 5.70. The number of aromatic amines is 1. The van der Waals surface area contributed by atoms with Gasteiger partial charge in [-0.1, -0.05) is 0 Å². The fourth-order valence-electron chi connectivity index (χ4n) is 1.24. The van der Waals surface area contributed by atoms with Crippen molar-refractivity contribution in [2.24, 2.45) is 5.73 Å². The van der Waals surface area contributed by atoms with E-state index in [9.17, 15) is 14.4 Å². The standard InChI is InChI=1S/C10H8N4O3S/c11-8(16)5-3-4-18-10(5)12-9(17)6-1-2-7(15)14-13-6/h1-4H,(H2,11,16)(H,12,17)(H,14,15). The van der Waals surface area contributed by atoms with Crippen LogP contribution in [0.15, 0.2) is 28.4 Å². The minimum Gasteiger partial charge on any atom is -0.366 e. The Morgan fingerprint density at radius 3 is 2.72 bits per heavy atom. The van der Waals surface area contributed by atoms with Crippen molar-refractivity contribution >= 4 is 28.2 Å². The maximum absolute atomic E-state index is 11.8. The molecule has 2 aromatic rings. The number of H-pyrrole nitrogens is 1. The van der Waals surface area contributed by atoms with Gasteiger partial charge in [-0.2, -0.15) is 5.10 Å². The first kappa shape index (κ1) is 12.0. The number of hydrogen-bond donors (Lipinski definition) is 3. The summed E-state index contributed by atoms with van der Waals surface area (Å²) in [7, 11) is 0. The molecular formula is C10H8N4O3S. The molecule has 2 amide bonds. The Morgan fingerprint density at radius 1 is 1.33 bits per heavy atom. The van der Waals surface area contributed by atoms with E-state index in [1.807, 2.05) is 0 Å². The van der Waals surface area contributed by atoms with Crippen LogP contribution in [-0.2, 0) is 0 Å². The molecule has 0 aliphatic heterocycles. The summed E-state index contributed by atoms with van der Waals surface area (Å²) >= 11 is 1.17. The minimum absolute atomic E-state index is 0.0402. The molecule has 0 radical (unpaired) electrons. The van der Waals surface area contributed by atoms with Crippen LogP contribution in [0.2, 0.25) is 0 Å². The van der Waals surface area contributed by atoms with Gasteiger partial charge in [-0.3, -0.25) is 14.4 Å². The lowest BCUT2D eigenvalue weighted by atomic mass is 10.3. The molecule has 0 spiro atoms. The Morgan fingerprint density at radius 2 is 2.11 bits per heavy atom. The third-order valence-electron chi connectivity index (χ3n) is 2.07. The molecular weight excluding hydrogens is 256 g/mol. The molecule has 0 fully saturated rings. The zero-order chi connectivity index (χ0) is 13.1. The molecule has 0 unspecified atom stereocenters. The number of primary amides is 1. The van der Waals surface area contributed by atoms with Crippen LogP contribution in [0.5, 0.6) is 0 Å². The summed E-state index contributed by atoms with van der Waals surface area (Å²) in [5.74, 6) is -1.16. The van der Waals surface area contributed by atoms with Crippen LogP contribution in [0.3, 0.4) is 0 Å². The fourth-order valence-corrected chi connectivity index (χ4v) is 2.03. The molecule has 18 heavy (non-hydrogen) atoms. The van der Waals surface area contributed by atoms with Crippen LogP contribution < -0.4 is 16.6 Å². The lowest BCUT2D eigenvalue weighted by Gasteiger charge is -2.03. The van der Waals surface area contributed by atoms with Gasteiger partial charge in [0.25, 0.3) is 17.4 Å². The van der Waals surface area contributed by atoms with Gasteiger partial charge in [0.2, 0.25) is 0 Å². The highest BCUT2D eigenvalue weighted by atomic mass is 32.1. The van der Waals surface area contributed by atoms with Crippen LogP contribution in [0.1, 0.15) is 20.8 Å². The largest absolute Gasteiger partial charge is 0.366 e. The molecule has 0 atom stereocenters. The lowest BCUT2D eigenvalue weighted by molar-refractivity contribution is 0.100. The number of hydrogen-bond acceptors (Lipinski definition) is 5.